The Labute approximate surface area is 163 Å². The highest BCUT2D eigenvalue weighted by Gasteiger charge is 2.40. The molecule has 1 aliphatic heterocycles. The largest absolute Gasteiger partial charge is 0.297 e. The van der Waals surface area contributed by atoms with Gasteiger partial charge in [-0.2, -0.15) is 24.0 Å². The van der Waals surface area contributed by atoms with E-state index in [4.69, 9.17) is 12.6 Å². The molecule has 1 aromatic heterocycles. The zero-order valence-electron chi connectivity index (χ0n) is 14.5. The van der Waals surface area contributed by atoms with Crippen molar-refractivity contribution in [2.24, 2.45) is 5.92 Å². The van der Waals surface area contributed by atoms with E-state index >= 15 is 0 Å². The summed E-state index contributed by atoms with van der Waals surface area (Å²) in [6.45, 7) is 1.41. The number of hydrogen-bond donors (Lipinski definition) is 1. The van der Waals surface area contributed by atoms with Crippen molar-refractivity contribution in [2.45, 2.75) is 30.6 Å². The number of thiol groups is 1. The van der Waals surface area contributed by atoms with Crippen LogP contribution in [-0.2, 0) is 4.79 Å². The van der Waals surface area contributed by atoms with Gasteiger partial charge in [0.2, 0.25) is 0 Å². The van der Waals surface area contributed by atoms with E-state index in [0.29, 0.717) is 12.1 Å². The fourth-order valence-electron chi connectivity index (χ4n) is 3.64. The van der Waals surface area contributed by atoms with Crippen molar-refractivity contribution in [3.05, 3.63) is 63.6 Å². The lowest BCUT2D eigenvalue weighted by Crippen LogP contribution is -2.42. The van der Waals surface area contributed by atoms with E-state index in [1.807, 2.05) is 6.07 Å². The lowest BCUT2D eigenvalue weighted by atomic mass is 9.93. The second-order valence-electron chi connectivity index (χ2n) is 7.15. The molecule has 0 amide bonds. The molecule has 1 aliphatic carbocycles. The molecule has 0 bridgehead atoms. The zero-order valence-corrected chi connectivity index (χ0v) is 16.2. The Morgan fingerprint density at radius 3 is 2.77 bits per heavy atom. The van der Waals surface area contributed by atoms with E-state index < -0.39 is 6.04 Å². The van der Waals surface area contributed by atoms with Crippen molar-refractivity contribution >= 4 is 35.8 Å². The van der Waals surface area contributed by atoms with E-state index in [1.165, 1.54) is 17.2 Å². The SMILES string of the molecule is O=C(C1CC1)C(c1ccccc1F)N1CCC(S)/C(=C/c2ccsc2)C1. The smallest absolute Gasteiger partial charge is 0.157 e. The minimum atomic E-state index is -0.490. The average molecular weight is 388 g/mol. The van der Waals surface area contributed by atoms with Crippen LogP contribution in [0.25, 0.3) is 6.08 Å². The fourth-order valence-corrected chi connectivity index (χ4v) is 4.53. The minimum Gasteiger partial charge on any atom is -0.297 e. The summed E-state index contributed by atoms with van der Waals surface area (Å²) in [4.78, 5) is 15.2. The number of carbonyl (C=O) groups excluding carboxylic acids is 1. The molecule has 2 nitrogen and oxygen atoms in total. The van der Waals surface area contributed by atoms with Crippen LogP contribution in [-0.4, -0.2) is 29.0 Å². The Balaban J connectivity index is 1.65. The first-order chi connectivity index (χ1) is 12.6. The van der Waals surface area contributed by atoms with Gasteiger partial charge in [0.25, 0.3) is 0 Å². The Kier molecular flexibility index (Phi) is 5.30. The van der Waals surface area contributed by atoms with Crippen LogP contribution < -0.4 is 0 Å². The van der Waals surface area contributed by atoms with Crippen LogP contribution in [0.4, 0.5) is 4.39 Å². The summed E-state index contributed by atoms with van der Waals surface area (Å²) in [7, 11) is 0. The summed E-state index contributed by atoms with van der Waals surface area (Å²) in [5.41, 5.74) is 2.88. The van der Waals surface area contributed by atoms with Crippen LogP contribution in [0.1, 0.15) is 36.4 Å². The van der Waals surface area contributed by atoms with Gasteiger partial charge in [0, 0.05) is 29.8 Å². The van der Waals surface area contributed by atoms with E-state index in [1.54, 1.807) is 23.5 Å². The molecule has 2 heterocycles. The second kappa shape index (κ2) is 7.67. The van der Waals surface area contributed by atoms with Crippen molar-refractivity contribution in [3.63, 3.8) is 0 Å². The Morgan fingerprint density at radius 2 is 2.08 bits per heavy atom. The molecular formula is C21H22FNOS2. The summed E-state index contributed by atoms with van der Waals surface area (Å²) in [5.74, 6) is -0.0249. The van der Waals surface area contributed by atoms with Crippen molar-refractivity contribution in [2.75, 3.05) is 13.1 Å². The quantitative estimate of drug-likeness (QED) is 0.729. The molecule has 26 heavy (non-hydrogen) atoms. The maximum atomic E-state index is 14.5. The Bertz CT molecular complexity index is 813. The first-order valence-corrected chi connectivity index (χ1v) is 10.5. The summed E-state index contributed by atoms with van der Waals surface area (Å²) < 4.78 is 14.5. The lowest BCUT2D eigenvalue weighted by Gasteiger charge is -2.37. The highest BCUT2D eigenvalue weighted by molar-refractivity contribution is 7.81. The molecule has 2 aromatic rings. The molecule has 0 N–H and O–H groups in total. The van der Waals surface area contributed by atoms with Crippen LogP contribution in [0.3, 0.4) is 0 Å². The molecule has 5 heteroatoms. The third-order valence-corrected chi connectivity index (χ3v) is 6.50. The third-order valence-electron chi connectivity index (χ3n) is 5.21. The van der Waals surface area contributed by atoms with Gasteiger partial charge in [0.1, 0.15) is 5.82 Å². The maximum absolute atomic E-state index is 14.5. The summed E-state index contributed by atoms with van der Waals surface area (Å²) in [6.07, 6.45) is 4.90. The minimum absolute atomic E-state index is 0.0950. The van der Waals surface area contributed by atoms with Crippen molar-refractivity contribution in [1.82, 2.24) is 4.90 Å². The van der Waals surface area contributed by atoms with Gasteiger partial charge in [-0.25, -0.2) is 4.39 Å². The van der Waals surface area contributed by atoms with Crippen molar-refractivity contribution in [3.8, 4) is 0 Å². The number of rotatable bonds is 5. The van der Waals surface area contributed by atoms with Crippen LogP contribution in [0, 0.1) is 11.7 Å². The predicted molar refractivity (Wildman–Crippen MR) is 108 cm³/mol. The molecule has 2 fully saturated rings. The zero-order chi connectivity index (χ0) is 18.1. The number of hydrogen-bond acceptors (Lipinski definition) is 4. The number of ketones is 1. The van der Waals surface area contributed by atoms with Crippen molar-refractivity contribution < 1.29 is 9.18 Å². The molecular weight excluding hydrogens is 365 g/mol. The van der Waals surface area contributed by atoms with E-state index in [-0.39, 0.29) is 22.8 Å². The van der Waals surface area contributed by atoms with E-state index in [9.17, 15) is 9.18 Å². The molecule has 1 saturated carbocycles. The molecule has 2 atom stereocenters. The average Bonchev–Trinajstić information content (AvgIpc) is 3.37. The molecule has 136 valence electrons. The molecule has 1 aromatic carbocycles. The van der Waals surface area contributed by atoms with Crippen LogP contribution in [0.5, 0.6) is 0 Å². The number of thiophene rings is 1. The standard InChI is InChI=1S/C21H22FNOS2/c22-18-4-2-1-3-17(18)20(21(24)15-5-6-15)23-9-7-19(25)16(12-23)11-14-8-10-26-13-14/h1-4,8,10-11,13,15,19-20,25H,5-7,9,12H2/b16-11+. The van der Waals surface area contributed by atoms with Crippen LogP contribution in [0.2, 0.25) is 0 Å². The van der Waals surface area contributed by atoms with Gasteiger partial charge < -0.3 is 0 Å². The van der Waals surface area contributed by atoms with Gasteiger partial charge >= 0.3 is 0 Å². The Hall–Kier alpha value is -1.43. The number of Topliss-reactive ketones (excluding diaryl/α,β-unsaturated/α-hetero) is 1. The molecule has 2 aliphatic rings. The topological polar surface area (TPSA) is 20.3 Å². The third kappa shape index (κ3) is 3.80. The summed E-state index contributed by atoms with van der Waals surface area (Å²) >= 11 is 6.40. The second-order valence-corrected chi connectivity index (χ2v) is 8.55. The van der Waals surface area contributed by atoms with Crippen LogP contribution in [0.15, 0.2) is 46.7 Å². The highest BCUT2D eigenvalue weighted by atomic mass is 32.1. The Morgan fingerprint density at radius 1 is 1.27 bits per heavy atom. The van der Waals surface area contributed by atoms with Gasteiger partial charge in [-0.05, 0) is 53.3 Å². The normalized spacial score (nSPS) is 23.9. The number of nitrogens with zero attached hydrogens (tertiary/aromatic N) is 1. The number of carbonyl (C=O) groups is 1. The van der Waals surface area contributed by atoms with E-state index in [2.05, 4.69) is 27.8 Å². The van der Waals surface area contributed by atoms with Crippen molar-refractivity contribution in [1.29, 1.82) is 0 Å². The molecule has 0 spiro atoms. The van der Waals surface area contributed by atoms with Gasteiger partial charge in [0.15, 0.2) is 5.78 Å². The summed E-state index contributed by atoms with van der Waals surface area (Å²) in [6, 6.07) is 8.31. The van der Waals surface area contributed by atoms with E-state index in [0.717, 1.165) is 25.8 Å². The van der Waals surface area contributed by atoms with Gasteiger partial charge in [-0.1, -0.05) is 24.3 Å². The van der Waals surface area contributed by atoms with Gasteiger partial charge in [-0.15, -0.1) is 0 Å². The number of benzene rings is 1. The first kappa shape index (κ1) is 18.0. The number of piperidine rings is 1. The molecule has 2 unspecified atom stereocenters. The molecule has 1 saturated heterocycles. The number of halogens is 1. The molecule has 0 radical (unpaired) electrons. The highest BCUT2D eigenvalue weighted by Crippen LogP contribution is 2.39. The lowest BCUT2D eigenvalue weighted by molar-refractivity contribution is -0.126. The summed E-state index contributed by atoms with van der Waals surface area (Å²) in [5, 5.41) is 4.35. The monoisotopic (exact) mass is 387 g/mol. The van der Waals surface area contributed by atoms with Crippen LogP contribution >= 0.6 is 24.0 Å². The first-order valence-electron chi connectivity index (χ1n) is 9.06. The predicted octanol–water partition coefficient (Wildman–Crippen LogP) is 5.00. The van der Waals surface area contributed by atoms with Gasteiger partial charge in [-0.3, -0.25) is 9.69 Å². The molecule has 4 rings (SSSR count). The number of likely N-dealkylation sites (tertiary alicyclic amines) is 1. The maximum Gasteiger partial charge on any atom is 0.157 e. The fraction of sp³-hybridized carbons (Fsp3) is 0.381. The van der Waals surface area contributed by atoms with Gasteiger partial charge in [0.05, 0.1) is 6.04 Å².